The lowest BCUT2D eigenvalue weighted by molar-refractivity contribution is -0.127. The van der Waals surface area contributed by atoms with E-state index in [1.165, 1.54) is 6.21 Å². The first kappa shape index (κ1) is 24.4. The summed E-state index contributed by atoms with van der Waals surface area (Å²) in [4.78, 5) is 24.7. The molecule has 0 aliphatic carbocycles. The molecule has 0 saturated heterocycles. The number of esters is 1. The highest BCUT2D eigenvalue weighted by atomic mass is 16.5. The third-order valence-electron chi connectivity index (χ3n) is 5.49. The minimum Gasteiger partial charge on any atom is -0.481 e. The third-order valence-corrected chi connectivity index (χ3v) is 5.49. The fraction of sp³-hybridized carbons (Fsp3) is 0.100. The van der Waals surface area contributed by atoms with E-state index in [2.05, 4.69) is 10.5 Å². The number of nitrogens with one attached hydrogen (secondary N) is 1. The van der Waals surface area contributed by atoms with Gasteiger partial charge in [0.1, 0.15) is 11.5 Å². The van der Waals surface area contributed by atoms with Gasteiger partial charge in [-0.2, -0.15) is 5.10 Å². The van der Waals surface area contributed by atoms with Gasteiger partial charge < -0.3 is 9.47 Å². The summed E-state index contributed by atoms with van der Waals surface area (Å²) in [6.07, 6.45) is 0.777. The second kappa shape index (κ2) is 11.6. The number of hydrazone groups is 1. The molecular formula is C30H26N2O4. The Labute approximate surface area is 210 Å². The molecule has 0 spiro atoms. The van der Waals surface area contributed by atoms with Gasteiger partial charge in [-0.3, -0.25) is 4.79 Å². The Morgan fingerprint density at radius 1 is 0.778 bits per heavy atom. The maximum Gasteiger partial charge on any atom is 0.343 e. The second-order valence-electron chi connectivity index (χ2n) is 8.16. The predicted octanol–water partition coefficient (Wildman–Crippen LogP) is 5.80. The lowest BCUT2D eigenvalue weighted by Crippen LogP contribution is -2.33. The molecule has 0 heterocycles. The Balaban J connectivity index is 1.26. The molecule has 1 amide bonds. The van der Waals surface area contributed by atoms with Crippen LogP contribution in [0.3, 0.4) is 0 Å². The van der Waals surface area contributed by atoms with Crippen molar-refractivity contribution in [2.45, 2.75) is 20.0 Å². The van der Waals surface area contributed by atoms with Crippen molar-refractivity contribution >= 4 is 18.1 Å². The molecule has 6 nitrogen and oxygen atoms in total. The van der Waals surface area contributed by atoms with Gasteiger partial charge in [-0.15, -0.1) is 0 Å². The number of amides is 1. The zero-order valence-corrected chi connectivity index (χ0v) is 20.0. The molecule has 0 aliphatic rings. The van der Waals surface area contributed by atoms with Crippen LogP contribution in [0.5, 0.6) is 11.5 Å². The molecule has 180 valence electrons. The first-order valence-corrected chi connectivity index (χ1v) is 11.5. The number of hydrogen-bond donors (Lipinski definition) is 1. The Kier molecular flexibility index (Phi) is 7.88. The molecule has 4 aromatic rings. The molecule has 6 heteroatoms. The second-order valence-corrected chi connectivity index (χ2v) is 8.16. The van der Waals surface area contributed by atoms with Crippen molar-refractivity contribution in [2.24, 2.45) is 5.10 Å². The van der Waals surface area contributed by atoms with Crippen molar-refractivity contribution in [3.63, 3.8) is 0 Å². The number of benzene rings is 4. The monoisotopic (exact) mass is 478 g/mol. The first-order chi connectivity index (χ1) is 17.5. The van der Waals surface area contributed by atoms with E-state index in [0.717, 1.165) is 22.3 Å². The average Bonchev–Trinajstić information content (AvgIpc) is 2.90. The maximum absolute atomic E-state index is 12.4. The van der Waals surface area contributed by atoms with Crippen LogP contribution in [-0.2, 0) is 4.79 Å². The minimum absolute atomic E-state index is 0.373. The van der Waals surface area contributed by atoms with E-state index < -0.39 is 12.1 Å². The molecule has 0 radical (unpaired) electrons. The van der Waals surface area contributed by atoms with Crippen LogP contribution in [0.25, 0.3) is 11.1 Å². The van der Waals surface area contributed by atoms with Gasteiger partial charge in [-0.05, 0) is 78.6 Å². The number of hydrogen-bond acceptors (Lipinski definition) is 5. The van der Waals surface area contributed by atoms with Crippen molar-refractivity contribution < 1.29 is 19.1 Å². The van der Waals surface area contributed by atoms with E-state index in [4.69, 9.17) is 9.47 Å². The number of carbonyl (C=O) groups is 2. The van der Waals surface area contributed by atoms with Gasteiger partial charge in [0.05, 0.1) is 11.8 Å². The Morgan fingerprint density at radius 3 is 2.08 bits per heavy atom. The molecule has 0 bridgehead atoms. The topological polar surface area (TPSA) is 77.0 Å². The van der Waals surface area contributed by atoms with Crippen molar-refractivity contribution in [1.29, 1.82) is 0 Å². The smallest absolute Gasteiger partial charge is 0.343 e. The van der Waals surface area contributed by atoms with Crippen LogP contribution in [-0.4, -0.2) is 24.2 Å². The number of ether oxygens (including phenoxy) is 2. The average molecular weight is 479 g/mol. The van der Waals surface area contributed by atoms with E-state index in [1.807, 2.05) is 73.7 Å². The summed E-state index contributed by atoms with van der Waals surface area (Å²) in [5.74, 6) is 0.231. The molecule has 1 N–H and O–H groups in total. The van der Waals surface area contributed by atoms with Crippen molar-refractivity contribution in [2.75, 3.05) is 0 Å². The van der Waals surface area contributed by atoms with Crippen molar-refractivity contribution in [1.82, 2.24) is 5.43 Å². The van der Waals surface area contributed by atoms with E-state index in [1.54, 1.807) is 43.3 Å². The third kappa shape index (κ3) is 6.45. The SMILES string of the molecule is Cc1ccccc1C(=O)Oc1ccc(C=NNC(=O)C(C)Oc2ccc(-c3ccccc3)cc2)cc1. The highest BCUT2D eigenvalue weighted by Gasteiger charge is 2.14. The molecule has 4 rings (SSSR count). The molecule has 0 aliphatic heterocycles. The van der Waals surface area contributed by atoms with Gasteiger partial charge in [0.2, 0.25) is 0 Å². The predicted molar refractivity (Wildman–Crippen MR) is 140 cm³/mol. The van der Waals surface area contributed by atoms with Crippen LogP contribution in [0.1, 0.15) is 28.4 Å². The molecule has 4 aromatic carbocycles. The standard InChI is InChI=1S/C30H26N2O4/c1-21-8-6-7-11-28(21)30(34)36-27-16-12-23(13-17-27)20-31-32-29(33)22(2)35-26-18-14-25(15-19-26)24-9-4-3-5-10-24/h3-20,22H,1-2H3,(H,32,33). The van der Waals surface area contributed by atoms with Crippen LogP contribution in [0.4, 0.5) is 0 Å². The van der Waals surface area contributed by atoms with Gasteiger partial charge in [0.15, 0.2) is 6.10 Å². The van der Waals surface area contributed by atoms with E-state index in [0.29, 0.717) is 17.1 Å². The van der Waals surface area contributed by atoms with Crippen LogP contribution in [0.15, 0.2) is 108 Å². The van der Waals surface area contributed by atoms with E-state index in [9.17, 15) is 9.59 Å². The van der Waals surface area contributed by atoms with Gasteiger partial charge in [0.25, 0.3) is 5.91 Å². The van der Waals surface area contributed by atoms with Crippen LogP contribution < -0.4 is 14.9 Å². The fourth-order valence-corrected chi connectivity index (χ4v) is 3.46. The normalized spacial score (nSPS) is 11.6. The minimum atomic E-state index is -0.729. The maximum atomic E-state index is 12.4. The lowest BCUT2D eigenvalue weighted by atomic mass is 10.1. The summed E-state index contributed by atoms with van der Waals surface area (Å²) in [5.41, 5.74) is 6.77. The molecule has 1 atom stereocenters. The molecule has 0 saturated carbocycles. The van der Waals surface area contributed by atoms with Gasteiger partial charge in [-0.1, -0.05) is 60.7 Å². The van der Waals surface area contributed by atoms with Gasteiger partial charge in [-0.25, -0.2) is 10.2 Å². The number of aryl methyl sites for hydroxylation is 1. The largest absolute Gasteiger partial charge is 0.481 e. The molecule has 0 aromatic heterocycles. The van der Waals surface area contributed by atoms with Crippen LogP contribution in [0.2, 0.25) is 0 Å². The molecule has 0 fully saturated rings. The van der Waals surface area contributed by atoms with Crippen LogP contribution >= 0.6 is 0 Å². The first-order valence-electron chi connectivity index (χ1n) is 11.5. The van der Waals surface area contributed by atoms with E-state index in [-0.39, 0.29) is 5.91 Å². The van der Waals surface area contributed by atoms with Gasteiger partial charge in [0, 0.05) is 0 Å². The highest BCUT2D eigenvalue weighted by molar-refractivity contribution is 5.92. The summed E-state index contributed by atoms with van der Waals surface area (Å²) < 4.78 is 11.2. The number of rotatable bonds is 8. The quantitative estimate of drug-likeness (QED) is 0.150. The summed E-state index contributed by atoms with van der Waals surface area (Å²) in [5, 5.41) is 4.00. The Bertz CT molecular complexity index is 1350. The van der Waals surface area contributed by atoms with E-state index >= 15 is 0 Å². The Hall–Kier alpha value is -4.71. The zero-order chi connectivity index (χ0) is 25.3. The van der Waals surface area contributed by atoms with Crippen molar-refractivity contribution in [3.05, 3.63) is 120 Å². The highest BCUT2D eigenvalue weighted by Crippen LogP contribution is 2.22. The summed E-state index contributed by atoms with van der Waals surface area (Å²) in [7, 11) is 0. The zero-order valence-electron chi connectivity index (χ0n) is 20.0. The molecule has 1 unspecified atom stereocenters. The number of nitrogens with zero attached hydrogens (tertiary/aromatic N) is 1. The summed E-state index contributed by atoms with van der Waals surface area (Å²) >= 11 is 0. The molecule has 36 heavy (non-hydrogen) atoms. The Morgan fingerprint density at radius 2 is 1.39 bits per heavy atom. The lowest BCUT2D eigenvalue weighted by Gasteiger charge is -2.13. The fourth-order valence-electron chi connectivity index (χ4n) is 3.46. The summed E-state index contributed by atoms with van der Waals surface area (Å²) in [6, 6.07) is 31.7. The number of carbonyl (C=O) groups excluding carboxylic acids is 2. The van der Waals surface area contributed by atoms with Crippen molar-refractivity contribution in [3.8, 4) is 22.6 Å². The molecular weight excluding hydrogens is 452 g/mol. The van der Waals surface area contributed by atoms with Gasteiger partial charge >= 0.3 is 5.97 Å². The van der Waals surface area contributed by atoms with Crippen LogP contribution in [0, 0.1) is 6.92 Å². The summed E-state index contributed by atoms with van der Waals surface area (Å²) in [6.45, 7) is 3.52.